The number of aryl methyl sites for hydroxylation is 1. The molecule has 2 rings (SSSR count). The lowest BCUT2D eigenvalue weighted by molar-refractivity contribution is -0.127. The van der Waals surface area contributed by atoms with Gasteiger partial charge in [0.25, 0.3) is 0 Å². The number of likely N-dealkylation sites (N-methyl/N-ethyl adjacent to an activating group) is 1. The van der Waals surface area contributed by atoms with E-state index >= 15 is 0 Å². The summed E-state index contributed by atoms with van der Waals surface area (Å²) in [5.41, 5.74) is 0. The Kier molecular flexibility index (Phi) is 9.99. The van der Waals surface area contributed by atoms with Crippen LogP contribution in [0.5, 0.6) is 0 Å². The van der Waals surface area contributed by atoms with Crippen molar-refractivity contribution in [3.63, 3.8) is 0 Å². The Morgan fingerprint density at radius 3 is 2.85 bits per heavy atom. The molecule has 0 saturated carbocycles. The highest BCUT2D eigenvalue weighted by Crippen LogP contribution is 2.13. The number of fused-ring (bicyclic) bond motifs is 1. The molecule has 2 N–H and O–H groups in total. The maximum absolute atomic E-state index is 11.9. The van der Waals surface area contributed by atoms with E-state index in [-0.39, 0.29) is 48.5 Å². The summed E-state index contributed by atoms with van der Waals surface area (Å²) >= 11 is 0. The third-order valence-corrected chi connectivity index (χ3v) is 4.38. The van der Waals surface area contributed by atoms with Crippen molar-refractivity contribution in [1.82, 2.24) is 30.3 Å². The van der Waals surface area contributed by atoms with Crippen LogP contribution in [0.4, 0.5) is 0 Å². The van der Waals surface area contributed by atoms with Gasteiger partial charge in [0.1, 0.15) is 19.0 Å². The number of aliphatic imine (C=N–C) groups is 1. The van der Waals surface area contributed by atoms with Crippen LogP contribution in [-0.4, -0.2) is 71.4 Å². The molecule has 0 spiro atoms. The number of guanidine groups is 1. The van der Waals surface area contributed by atoms with Gasteiger partial charge < -0.3 is 20.3 Å². The van der Waals surface area contributed by atoms with E-state index in [1.54, 1.807) is 26.1 Å². The fourth-order valence-corrected chi connectivity index (χ4v) is 2.62. The van der Waals surface area contributed by atoms with E-state index in [0.717, 1.165) is 31.6 Å². The van der Waals surface area contributed by atoms with Crippen molar-refractivity contribution in [2.75, 3.05) is 27.7 Å². The van der Waals surface area contributed by atoms with Gasteiger partial charge in [-0.2, -0.15) is 5.10 Å². The molecule has 0 bridgehead atoms. The third-order valence-electron chi connectivity index (χ3n) is 4.38. The molecule has 0 aromatic carbocycles. The molecule has 10 heteroatoms. The number of hydrogen-bond acceptors (Lipinski definition) is 5. The Labute approximate surface area is 178 Å². The molecule has 1 aromatic heterocycles. The topological polar surface area (TPSA) is 96.7 Å². The molecule has 2 heterocycles. The minimum atomic E-state index is -0.0262. The van der Waals surface area contributed by atoms with E-state index in [4.69, 9.17) is 4.74 Å². The standard InChI is InChI=1S/C17H31N7O2.HI/c1-6-12(2)19-17(18-9-16(25)23(3)4)20-13-7-8-15-21-14(11-26-5)22-24(15)10-13;/h12-13H,6-11H2,1-5H3,(H2,18,19,20);1H. The van der Waals surface area contributed by atoms with E-state index in [9.17, 15) is 4.79 Å². The molecule has 2 atom stereocenters. The lowest BCUT2D eigenvalue weighted by atomic mass is 10.1. The molecule has 27 heavy (non-hydrogen) atoms. The quantitative estimate of drug-likeness (QED) is 0.331. The molecule has 154 valence electrons. The predicted molar refractivity (Wildman–Crippen MR) is 115 cm³/mol. The van der Waals surface area contributed by atoms with E-state index in [2.05, 4.69) is 39.6 Å². The van der Waals surface area contributed by atoms with Crippen molar-refractivity contribution in [3.05, 3.63) is 11.6 Å². The van der Waals surface area contributed by atoms with E-state index in [0.29, 0.717) is 18.4 Å². The SMILES string of the molecule is CCC(C)NC(=NCC(=O)N(C)C)NC1CCc2nc(COC)nn2C1.I. The summed E-state index contributed by atoms with van der Waals surface area (Å²) in [6, 6.07) is 0.457. The summed E-state index contributed by atoms with van der Waals surface area (Å²) in [7, 11) is 5.11. The first kappa shape index (κ1) is 23.6. The zero-order valence-electron chi connectivity index (χ0n) is 16.9. The van der Waals surface area contributed by atoms with E-state index in [1.807, 2.05) is 4.68 Å². The highest BCUT2D eigenvalue weighted by atomic mass is 127. The first-order chi connectivity index (χ1) is 12.4. The number of rotatable bonds is 7. The van der Waals surface area contributed by atoms with Gasteiger partial charge in [0.15, 0.2) is 11.8 Å². The number of methoxy groups -OCH3 is 1. The van der Waals surface area contributed by atoms with Crippen molar-refractivity contribution in [1.29, 1.82) is 0 Å². The predicted octanol–water partition coefficient (Wildman–Crippen LogP) is 0.779. The molecule has 0 fully saturated rings. The number of aromatic nitrogens is 3. The Balaban J connectivity index is 0.00000364. The van der Waals surface area contributed by atoms with Crippen LogP contribution in [0.3, 0.4) is 0 Å². The molecule has 1 aliphatic rings. The average molecular weight is 493 g/mol. The maximum atomic E-state index is 11.9. The van der Waals surface area contributed by atoms with Crippen LogP contribution in [0.15, 0.2) is 4.99 Å². The van der Waals surface area contributed by atoms with Crippen LogP contribution in [0.2, 0.25) is 0 Å². The van der Waals surface area contributed by atoms with Crippen LogP contribution in [0.1, 0.15) is 38.3 Å². The Morgan fingerprint density at radius 2 is 2.22 bits per heavy atom. The monoisotopic (exact) mass is 493 g/mol. The summed E-state index contributed by atoms with van der Waals surface area (Å²) in [5, 5.41) is 11.3. The van der Waals surface area contributed by atoms with Gasteiger partial charge in [-0.3, -0.25) is 4.79 Å². The fraction of sp³-hybridized carbons (Fsp3) is 0.765. The number of amides is 1. The number of nitrogens with zero attached hydrogens (tertiary/aromatic N) is 5. The van der Waals surface area contributed by atoms with Crippen LogP contribution in [0, 0.1) is 0 Å². The summed E-state index contributed by atoms with van der Waals surface area (Å²) in [4.78, 5) is 22.4. The fourth-order valence-electron chi connectivity index (χ4n) is 2.62. The molecule has 0 aliphatic carbocycles. The lowest BCUT2D eigenvalue weighted by Gasteiger charge is -2.26. The number of ether oxygens (including phenoxy) is 1. The van der Waals surface area contributed by atoms with Crippen LogP contribution in [0.25, 0.3) is 0 Å². The summed E-state index contributed by atoms with van der Waals surface area (Å²) < 4.78 is 7.04. The number of hydrogen-bond donors (Lipinski definition) is 2. The number of carbonyl (C=O) groups excluding carboxylic acids is 1. The first-order valence-electron chi connectivity index (χ1n) is 9.12. The van der Waals surface area contributed by atoms with Crippen LogP contribution < -0.4 is 10.6 Å². The molecule has 9 nitrogen and oxygen atoms in total. The van der Waals surface area contributed by atoms with Crippen LogP contribution in [-0.2, 0) is 29.1 Å². The smallest absolute Gasteiger partial charge is 0.243 e. The molecule has 1 amide bonds. The van der Waals surface area contributed by atoms with Crippen molar-refractivity contribution < 1.29 is 9.53 Å². The van der Waals surface area contributed by atoms with Crippen molar-refractivity contribution in [3.8, 4) is 0 Å². The minimum Gasteiger partial charge on any atom is -0.377 e. The number of carbonyl (C=O) groups is 1. The Hall–Kier alpha value is -1.43. The van der Waals surface area contributed by atoms with Gasteiger partial charge >= 0.3 is 0 Å². The van der Waals surface area contributed by atoms with Gasteiger partial charge in [-0.15, -0.1) is 24.0 Å². The second kappa shape index (κ2) is 11.4. The van der Waals surface area contributed by atoms with Gasteiger partial charge in [0, 0.05) is 39.7 Å². The minimum absolute atomic E-state index is 0. The molecule has 1 aliphatic heterocycles. The van der Waals surface area contributed by atoms with Gasteiger partial charge in [-0.25, -0.2) is 14.7 Å². The molecule has 0 saturated heterocycles. The maximum Gasteiger partial charge on any atom is 0.243 e. The first-order valence-corrected chi connectivity index (χ1v) is 9.12. The van der Waals surface area contributed by atoms with E-state index < -0.39 is 0 Å². The van der Waals surface area contributed by atoms with Crippen molar-refractivity contribution >= 4 is 35.8 Å². The molecular formula is C17H32IN7O2. The zero-order valence-corrected chi connectivity index (χ0v) is 19.2. The molecule has 0 radical (unpaired) electrons. The summed E-state index contributed by atoms with van der Waals surface area (Å²) in [6.07, 6.45) is 2.76. The normalized spacial score (nSPS) is 17.5. The summed E-state index contributed by atoms with van der Waals surface area (Å²) in [6.45, 7) is 5.47. The van der Waals surface area contributed by atoms with Gasteiger partial charge in [0.2, 0.25) is 5.91 Å². The highest BCUT2D eigenvalue weighted by Gasteiger charge is 2.23. The molecular weight excluding hydrogens is 461 g/mol. The van der Waals surface area contributed by atoms with Crippen molar-refractivity contribution in [2.24, 2.45) is 4.99 Å². The highest BCUT2D eigenvalue weighted by molar-refractivity contribution is 14.0. The Bertz CT molecular complexity index is 633. The van der Waals surface area contributed by atoms with Crippen molar-refractivity contribution in [2.45, 2.75) is 58.3 Å². The zero-order chi connectivity index (χ0) is 19.1. The largest absolute Gasteiger partial charge is 0.377 e. The number of nitrogens with one attached hydrogen (secondary N) is 2. The molecule has 2 unspecified atom stereocenters. The second-order valence-electron chi connectivity index (χ2n) is 6.85. The third kappa shape index (κ3) is 7.24. The summed E-state index contributed by atoms with van der Waals surface area (Å²) in [5.74, 6) is 2.35. The molecule has 1 aromatic rings. The average Bonchev–Trinajstić information content (AvgIpc) is 3.01. The van der Waals surface area contributed by atoms with Gasteiger partial charge in [-0.1, -0.05) is 6.92 Å². The van der Waals surface area contributed by atoms with Crippen LogP contribution >= 0.6 is 24.0 Å². The van der Waals surface area contributed by atoms with Gasteiger partial charge in [0.05, 0.1) is 6.54 Å². The Morgan fingerprint density at radius 1 is 1.48 bits per heavy atom. The lowest BCUT2D eigenvalue weighted by Crippen LogP contribution is -2.49. The van der Waals surface area contributed by atoms with E-state index in [1.165, 1.54) is 0 Å². The van der Waals surface area contributed by atoms with Gasteiger partial charge in [-0.05, 0) is 19.8 Å². The second-order valence-corrected chi connectivity index (χ2v) is 6.85. The number of halogens is 1.